The first-order valence-corrected chi connectivity index (χ1v) is 16.9. The molecule has 2 aliphatic heterocycles. The number of carbonyl (C=O) groups excluding carboxylic acids is 1. The number of rotatable bonds is 12. The number of carboxylic acid groups (broad SMARTS) is 1. The summed E-state index contributed by atoms with van der Waals surface area (Å²) in [5, 5.41) is 9.48. The Morgan fingerprint density at radius 3 is 2.27 bits per heavy atom. The summed E-state index contributed by atoms with van der Waals surface area (Å²) < 4.78 is 70.2. The lowest BCUT2D eigenvalue weighted by atomic mass is 9.84. The van der Waals surface area contributed by atoms with Crippen molar-refractivity contribution >= 4 is 17.6 Å². The molecular formula is C36H47F4N3O5. The fourth-order valence-electron chi connectivity index (χ4n) is 7.85. The van der Waals surface area contributed by atoms with E-state index in [1.165, 1.54) is 18.1 Å². The summed E-state index contributed by atoms with van der Waals surface area (Å²) in [5.74, 6) is -2.75. The summed E-state index contributed by atoms with van der Waals surface area (Å²) in [6, 6.07) is 10.9. The number of amides is 1. The highest BCUT2D eigenvalue weighted by molar-refractivity contribution is 5.87. The van der Waals surface area contributed by atoms with Crippen molar-refractivity contribution in [2.75, 3.05) is 65.0 Å². The number of nitrogens with zero attached hydrogens (tertiary/aromatic N) is 3. The van der Waals surface area contributed by atoms with Gasteiger partial charge in [-0.05, 0) is 68.0 Å². The molecule has 264 valence electrons. The molecule has 2 aromatic rings. The number of aliphatic carboxylic acids is 1. The number of methoxy groups -OCH3 is 2. The highest BCUT2D eigenvalue weighted by Gasteiger charge is 2.56. The van der Waals surface area contributed by atoms with E-state index in [1.807, 2.05) is 12.1 Å². The molecule has 2 saturated heterocycles. The van der Waals surface area contributed by atoms with Gasteiger partial charge in [-0.2, -0.15) is 13.2 Å². The Balaban J connectivity index is 1.46. The maximum Gasteiger partial charge on any atom is 0.416 e. The smallest absolute Gasteiger partial charge is 0.416 e. The van der Waals surface area contributed by atoms with Crippen LogP contribution in [0.3, 0.4) is 0 Å². The van der Waals surface area contributed by atoms with Gasteiger partial charge in [-0.25, -0.2) is 4.39 Å². The second-order valence-electron chi connectivity index (χ2n) is 13.4. The summed E-state index contributed by atoms with van der Waals surface area (Å²) in [5.41, 5.74) is -1.44. The lowest BCUT2D eigenvalue weighted by Crippen LogP contribution is -2.52. The molecule has 12 heteroatoms. The number of hydrogen-bond donors (Lipinski definition) is 1. The molecule has 3 fully saturated rings. The molecule has 3 aliphatic rings. The van der Waals surface area contributed by atoms with Crippen LogP contribution < -0.4 is 9.64 Å². The molecule has 5 rings (SSSR count). The van der Waals surface area contributed by atoms with E-state index in [4.69, 9.17) is 9.47 Å². The van der Waals surface area contributed by atoms with Gasteiger partial charge in [-0.3, -0.25) is 14.5 Å². The average Bonchev–Trinajstić information content (AvgIpc) is 3.75. The number of carboxylic acids is 1. The van der Waals surface area contributed by atoms with Gasteiger partial charge >= 0.3 is 12.1 Å². The average molecular weight is 678 g/mol. The van der Waals surface area contributed by atoms with E-state index < -0.39 is 47.0 Å². The molecule has 2 heterocycles. The molecule has 3 atom stereocenters. The van der Waals surface area contributed by atoms with E-state index in [0.29, 0.717) is 42.0 Å². The zero-order valence-electron chi connectivity index (χ0n) is 28.0. The summed E-state index contributed by atoms with van der Waals surface area (Å²) in [4.78, 5) is 31.4. The number of hydrogen-bond acceptors (Lipinski definition) is 6. The summed E-state index contributed by atoms with van der Waals surface area (Å²) in [6.45, 7) is 3.03. The molecule has 1 saturated carbocycles. The Labute approximate surface area is 280 Å². The first-order chi connectivity index (χ1) is 22.9. The van der Waals surface area contributed by atoms with Gasteiger partial charge in [-0.1, -0.05) is 31.0 Å². The zero-order valence-corrected chi connectivity index (χ0v) is 28.0. The largest absolute Gasteiger partial charge is 0.497 e. The summed E-state index contributed by atoms with van der Waals surface area (Å²) >= 11 is 0. The van der Waals surface area contributed by atoms with Crippen molar-refractivity contribution in [1.29, 1.82) is 0 Å². The van der Waals surface area contributed by atoms with Gasteiger partial charge in [0.05, 0.1) is 25.2 Å². The maximum atomic E-state index is 17.6. The fourth-order valence-corrected chi connectivity index (χ4v) is 7.85. The highest BCUT2D eigenvalue weighted by Crippen LogP contribution is 2.44. The van der Waals surface area contributed by atoms with E-state index in [2.05, 4.69) is 4.90 Å². The van der Waals surface area contributed by atoms with E-state index in [-0.39, 0.29) is 45.4 Å². The Morgan fingerprint density at radius 2 is 1.71 bits per heavy atom. The van der Waals surface area contributed by atoms with Crippen LogP contribution in [-0.4, -0.2) is 98.6 Å². The fraction of sp³-hybridized carbons (Fsp3) is 0.611. The quantitative estimate of drug-likeness (QED) is 0.263. The number of carbonyl (C=O) groups is 2. The molecule has 0 bridgehead atoms. The van der Waals surface area contributed by atoms with Gasteiger partial charge in [0.1, 0.15) is 5.75 Å². The third-order valence-electron chi connectivity index (χ3n) is 10.6. The first-order valence-electron chi connectivity index (χ1n) is 16.9. The number of likely N-dealkylation sites (N-methyl/N-ethyl adjacent to an activating group) is 1. The van der Waals surface area contributed by atoms with Crippen molar-refractivity contribution in [2.24, 2.45) is 5.92 Å². The van der Waals surface area contributed by atoms with Gasteiger partial charge in [0.15, 0.2) is 0 Å². The monoisotopic (exact) mass is 677 g/mol. The van der Waals surface area contributed by atoms with Gasteiger partial charge < -0.3 is 24.4 Å². The van der Waals surface area contributed by atoms with E-state index >= 15 is 4.39 Å². The standard InChI is InChI=1S/C36H47F4N3O5/c1-4-41(34(46)35(37)23-43(28-7-5-6-8-28)21-31(35)24-9-12-29(48-3)13-10-24)20-26(22-47-2)30-14-11-27(36(38,39)40)19-32(30)42-17-15-25(16-18-42)33(44)45/h9-14,19,25-26,28,31H,4-8,15-18,20-23H2,1-3H3,(H,44,45)/t26-,31+,35+/m1/s1. The lowest BCUT2D eigenvalue weighted by Gasteiger charge is -2.37. The van der Waals surface area contributed by atoms with Crippen molar-refractivity contribution < 1.29 is 41.7 Å². The van der Waals surface area contributed by atoms with Gasteiger partial charge in [0.2, 0.25) is 5.67 Å². The number of likely N-dealkylation sites (tertiary alicyclic amines) is 1. The Bertz CT molecular complexity index is 1410. The van der Waals surface area contributed by atoms with Gasteiger partial charge in [-0.15, -0.1) is 0 Å². The van der Waals surface area contributed by atoms with Crippen LogP contribution >= 0.6 is 0 Å². The van der Waals surface area contributed by atoms with Gasteiger partial charge in [0, 0.05) is 69.9 Å². The molecule has 0 spiro atoms. The third kappa shape index (κ3) is 7.59. The number of benzene rings is 2. The second-order valence-corrected chi connectivity index (χ2v) is 13.4. The normalized spacial score (nSPS) is 23.4. The van der Waals surface area contributed by atoms with Crippen molar-refractivity contribution in [3.05, 3.63) is 59.2 Å². The third-order valence-corrected chi connectivity index (χ3v) is 10.6. The minimum atomic E-state index is -4.58. The number of halogens is 4. The molecule has 1 aliphatic carbocycles. The van der Waals surface area contributed by atoms with Crippen LogP contribution in [0.1, 0.15) is 74.0 Å². The van der Waals surface area contributed by atoms with Crippen LogP contribution in [0.25, 0.3) is 0 Å². The van der Waals surface area contributed by atoms with E-state index in [9.17, 15) is 27.9 Å². The molecular weight excluding hydrogens is 630 g/mol. The first kappa shape index (κ1) is 35.9. The second kappa shape index (κ2) is 15.0. The Hall–Kier alpha value is -3.38. The Kier molecular flexibility index (Phi) is 11.2. The SMILES string of the molecule is CCN(C[C@H](COC)c1ccc(C(F)(F)F)cc1N1CCC(C(=O)O)CC1)C(=O)[C@]1(F)CN(C2CCCC2)C[C@H]1c1ccc(OC)cc1. The number of anilines is 1. The van der Waals surface area contributed by atoms with Crippen LogP contribution in [-0.2, 0) is 20.5 Å². The van der Waals surface area contributed by atoms with E-state index in [0.717, 1.165) is 37.8 Å². The topological polar surface area (TPSA) is 82.6 Å². The highest BCUT2D eigenvalue weighted by atomic mass is 19.4. The molecule has 0 aromatic heterocycles. The maximum absolute atomic E-state index is 17.6. The van der Waals surface area contributed by atoms with Crippen LogP contribution in [0.5, 0.6) is 5.75 Å². The van der Waals surface area contributed by atoms with Crippen molar-refractivity contribution in [1.82, 2.24) is 9.80 Å². The van der Waals surface area contributed by atoms with Crippen LogP contribution in [0, 0.1) is 5.92 Å². The lowest BCUT2D eigenvalue weighted by molar-refractivity contribution is -0.144. The number of ether oxygens (including phenoxy) is 2. The van der Waals surface area contributed by atoms with E-state index in [1.54, 1.807) is 31.1 Å². The van der Waals surface area contributed by atoms with Crippen LogP contribution in [0.2, 0.25) is 0 Å². The molecule has 2 aromatic carbocycles. The molecule has 1 amide bonds. The molecule has 48 heavy (non-hydrogen) atoms. The summed E-state index contributed by atoms with van der Waals surface area (Å²) in [6.07, 6.45) is 0.0956. The summed E-state index contributed by atoms with van der Waals surface area (Å²) in [7, 11) is 3.05. The van der Waals surface area contributed by atoms with Crippen LogP contribution in [0.15, 0.2) is 42.5 Å². The minimum Gasteiger partial charge on any atom is -0.497 e. The van der Waals surface area contributed by atoms with Crippen molar-refractivity contribution in [3.8, 4) is 5.75 Å². The van der Waals surface area contributed by atoms with Crippen molar-refractivity contribution in [2.45, 2.75) is 75.2 Å². The molecule has 0 unspecified atom stereocenters. The minimum absolute atomic E-state index is 0.0251. The number of piperidine rings is 1. The molecule has 0 radical (unpaired) electrons. The molecule has 8 nitrogen and oxygen atoms in total. The van der Waals surface area contributed by atoms with Gasteiger partial charge in [0.25, 0.3) is 5.91 Å². The van der Waals surface area contributed by atoms with Crippen LogP contribution in [0.4, 0.5) is 23.2 Å². The predicted octanol–water partition coefficient (Wildman–Crippen LogP) is 6.34. The predicted molar refractivity (Wildman–Crippen MR) is 174 cm³/mol. The van der Waals surface area contributed by atoms with Crippen molar-refractivity contribution in [3.63, 3.8) is 0 Å². The zero-order chi connectivity index (χ0) is 34.6. The molecule has 1 N–H and O–H groups in total. The number of alkyl halides is 4. The Morgan fingerprint density at radius 1 is 1.04 bits per heavy atom.